The molecular weight excluding hydrogens is 286 g/mol. The topological polar surface area (TPSA) is 12.5 Å². The maximum absolute atomic E-state index is 6.35. The van der Waals surface area contributed by atoms with Crippen LogP contribution < -0.4 is 0 Å². The lowest BCUT2D eigenvalue weighted by Crippen LogP contribution is -2.62. The van der Waals surface area contributed by atoms with E-state index in [2.05, 4.69) is 48.6 Å². The van der Waals surface area contributed by atoms with Crippen molar-refractivity contribution >= 4 is 40.4 Å². The summed E-state index contributed by atoms with van der Waals surface area (Å²) in [7, 11) is -2.86. The quantitative estimate of drug-likeness (QED) is 0.776. The van der Waals surface area contributed by atoms with Crippen LogP contribution >= 0.6 is 23.7 Å². The van der Waals surface area contributed by atoms with E-state index < -0.39 is 16.6 Å². The van der Waals surface area contributed by atoms with E-state index in [4.69, 9.17) is 4.12 Å². The molecule has 17 heavy (non-hydrogen) atoms. The smallest absolute Gasteiger partial charge is 0.187 e. The molecule has 2 rings (SSSR count). The fourth-order valence-corrected chi connectivity index (χ4v) is 12.8. The van der Waals surface area contributed by atoms with Crippen molar-refractivity contribution in [2.45, 2.75) is 32.7 Å². The van der Waals surface area contributed by atoms with E-state index in [1.165, 1.54) is 17.2 Å². The Morgan fingerprint density at radius 3 is 2.29 bits per heavy atom. The second-order valence-electron chi connectivity index (χ2n) is 5.85. The Labute approximate surface area is 117 Å². The maximum atomic E-state index is 6.35. The van der Waals surface area contributed by atoms with Crippen molar-refractivity contribution in [1.82, 2.24) is 4.90 Å². The fourth-order valence-electron chi connectivity index (χ4n) is 2.68. The Morgan fingerprint density at radius 2 is 1.82 bits per heavy atom. The highest BCUT2D eigenvalue weighted by atomic mass is 35.5. The van der Waals surface area contributed by atoms with Crippen molar-refractivity contribution in [1.29, 1.82) is 0 Å². The highest BCUT2D eigenvalue weighted by Gasteiger charge is 2.41. The van der Waals surface area contributed by atoms with Gasteiger partial charge in [-0.2, -0.15) is 0 Å². The van der Waals surface area contributed by atoms with Crippen molar-refractivity contribution in [3.63, 3.8) is 0 Å². The van der Waals surface area contributed by atoms with Crippen LogP contribution in [0.15, 0.2) is 17.5 Å². The van der Waals surface area contributed by atoms with E-state index in [0.29, 0.717) is 0 Å². The Hall–Kier alpha value is 0.344. The van der Waals surface area contributed by atoms with Crippen molar-refractivity contribution in [2.75, 3.05) is 12.3 Å². The van der Waals surface area contributed by atoms with Gasteiger partial charge in [-0.25, -0.2) is 0 Å². The van der Waals surface area contributed by atoms with Crippen molar-refractivity contribution < 1.29 is 4.12 Å². The first-order valence-electron chi connectivity index (χ1n) is 5.81. The second kappa shape index (κ2) is 5.54. The maximum Gasteiger partial charge on any atom is 0.187 e. The summed E-state index contributed by atoms with van der Waals surface area (Å²) in [5.74, 6) is 0. The number of rotatable bonds is 2. The van der Waals surface area contributed by atoms with Gasteiger partial charge >= 0.3 is 0 Å². The minimum atomic E-state index is -1.43. The lowest BCUT2D eigenvalue weighted by Gasteiger charge is -2.45. The first kappa shape index (κ1) is 15.4. The third-order valence-electron chi connectivity index (χ3n) is 2.72. The molecule has 0 radical (unpaired) electrons. The van der Waals surface area contributed by atoms with Crippen LogP contribution in [-0.4, -0.2) is 33.9 Å². The number of nitrogens with zero attached hydrogens (tertiary/aromatic N) is 1. The summed E-state index contributed by atoms with van der Waals surface area (Å²) >= 11 is 1.87. The molecule has 0 aliphatic carbocycles. The van der Waals surface area contributed by atoms with E-state index in [1.807, 2.05) is 11.3 Å². The van der Waals surface area contributed by atoms with E-state index in [9.17, 15) is 0 Å². The molecule has 1 aliphatic heterocycles. The lowest BCUT2D eigenvalue weighted by molar-refractivity contribution is 0.293. The minimum absolute atomic E-state index is 0. The monoisotopic (exact) mass is 307 g/mol. The SMILES string of the molecule is C[Si]1(C)CN(Cc2cccs2)C[Si](C)(C)O1.Cl. The molecule has 0 atom stereocenters. The fraction of sp³-hybridized carbons (Fsp3) is 0.636. The Balaban J connectivity index is 0.00000144. The van der Waals surface area contributed by atoms with Gasteiger partial charge in [-0.1, -0.05) is 6.07 Å². The molecule has 0 spiro atoms. The van der Waals surface area contributed by atoms with Crippen LogP contribution in [0.5, 0.6) is 0 Å². The molecule has 0 amide bonds. The molecule has 0 unspecified atom stereocenters. The van der Waals surface area contributed by atoms with E-state index in [0.717, 1.165) is 6.54 Å². The molecule has 2 heterocycles. The zero-order chi connectivity index (χ0) is 11.8. The molecule has 1 saturated heterocycles. The highest BCUT2D eigenvalue weighted by Crippen LogP contribution is 2.24. The van der Waals surface area contributed by atoms with E-state index in [-0.39, 0.29) is 12.4 Å². The first-order valence-corrected chi connectivity index (χ1v) is 12.9. The molecule has 1 aliphatic rings. The lowest BCUT2D eigenvalue weighted by atomic mass is 10.4. The standard InChI is InChI=1S/C11H21NOSSi2.ClH/c1-15(2)9-12(10-16(3,4)13-15)8-11-6-5-7-14-11;/h5-7H,8-10H2,1-4H3;1H. The summed E-state index contributed by atoms with van der Waals surface area (Å²) in [6.07, 6.45) is 2.36. The van der Waals surface area contributed by atoms with Crippen LogP contribution in [0.4, 0.5) is 0 Å². The number of halogens is 1. The third kappa shape index (κ3) is 4.50. The minimum Gasteiger partial charge on any atom is -0.454 e. The molecule has 1 fully saturated rings. The van der Waals surface area contributed by atoms with E-state index >= 15 is 0 Å². The average molecular weight is 308 g/mol. The predicted octanol–water partition coefficient (Wildman–Crippen LogP) is 3.49. The van der Waals surface area contributed by atoms with Crippen molar-refractivity contribution in [3.05, 3.63) is 22.4 Å². The summed E-state index contributed by atoms with van der Waals surface area (Å²) in [5.41, 5.74) is 0. The third-order valence-corrected chi connectivity index (χ3v) is 10.4. The molecule has 2 nitrogen and oxygen atoms in total. The summed E-state index contributed by atoms with van der Waals surface area (Å²) in [6, 6.07) is 4.38. The summed E-state index contributed by atoms with van der Waals surface area (Å²) in [4.78, 5) is 4.10. The zero-order valence-electron chi connectivity index (χ0n) is 11.0. The van der Waals surface area contributed by atoms with Crippen LogP contribution in [0.25, 0.3) is 0 Å². The van der Waals surface area contributed by atoms with Gasteiger partial charge in [-0.3, -0.25) is 4.90 Å². The Morgan fingerprint density at radius 1 is 1.24 bits per heavy atom. The molecular formula is C11H22ClNOSSi2. The van der Waals surface area contributed by atoms with Gasteiger partial charge in [-0.05, 0) is 37.6 Å². The van der Waals surface area contributed by atoms with Gasteiger partial charge in [0.1, 0.15) is 0 Å². The van der Waals surface area contributed by atoms with Crippen molar-refractivity contribution in [3.8, 4) is 0 Å². The molecule has 1 aromatic heterocycles. The van der Waals surface area contributed by atoms with Gasteiger partial charge in [0.05, 0.1) is 0 Å². The van der Waals surface area contributed by atoms with Crippen LogP contribution in [-0.2, 0) is 10.7 Å². The largest absolute Gasteiger partial charge is 0.454 e. The molecule has 1 aromatic rings. The van der Waals surface area contributed by atoms with Crippen LogP contribution in [0, 0.1) is 0 Å². The predicted molar refractivity (Wildman–Crippen MR) is 82.9 cm³/mol. The van der Waals surface area contributed by atoms with Crippen molar-refractivity contribution in [2.24, 2.45) is 0 Å². The Kier molecular flexibility index (Phi) is 5.02. The van der Waals surface area contributed by atoms with Gasteiger partial charge < -0.3 is 4.12 Å². The van der Waals surface area contributed by atoms with Crippen LogP contribution in [0.2, 0.25) is 26.2 Å². The first-order chi connectivity index (χ1) is 7.36. The summed E-state index contributed by atoms with van der Waals surface area (Å²) in [6.45, 7) is 10.5. The number of thiophene rings is 1. The molecule has 0 bridgehead atoms. The van der Waals surface area contributed by atoms with Gasteiger partial charge in [0, 0.05) is 23.8 Å². The zero-order valence-corrected chi connectivity index (χ0v) is 14.7. The molecule has 0 aromatic carbocycles. The van der Waals surface area contributed by atoms with E-state index in [1.54, 1.807) is 0 Å². The van der Waals surface area contributed by atoms with Gasteiger partial charge in [0.15, 0.2) is 16.6 Å². The van der Waals surface area contributed by atoms with Crippen LogP contribution in [0.1, 0.15) is 4.88 Å². The molecule has 0 saturated carbocycles. The van der Waals surface area contributed by atoms with Gasteiger partial charge in [0.2, 0.25) is 0 Å². The molecule has 0 N–H and O–H groups in total. The molecule has 98 valence electrons. The Bertz CT molecular complexity index is 340. The molecule has 6 heteroatoms. The normalized spacial score (nSPS) is 23.1. The average Bonchev–Trinajstić information content (AvgIpc) is 2.49. The highest BCUT2D eigenvalue weighted by molar-refractivity contribution is 7.09. The van der Waals surface area contributed by atoms with Gasteiger partial charge in [0.25, 0.3) is 0 Å². The van der Waals surface area contributed by atoms with Crippen LogP contribution in [0.3, 0.4) is 0 Å². The summed E-state index contributed by atoms with van der Waals surface area (Å²) in [5, 5.41) is 2.17. The summed E-state index contributed by atoms with van der Waals surface area (Å²) < 4.78 is 6.35. The number of hydrogen-bond donors (Lipinski definition) is 0. The van der Waals surface area contributed by atoms with Gasteiger partial charge in [-0.15, -0.1) is 23.7 Å². The number of hydrogen-bond acceptors (Lipinski definition) is 3. The second-order valence-corrected chi connectivity index (χ2v) is 15.4.